The summed E-state index contributed by atoms with van der Waals surface area (Å²) in [5.41, 5.74) is 5.58. The summed E-state index contributed by atoms with van der Waals surface area (Å²) in [6, 6.07) is 4.49. The van der Waals surface area contributed by atoms with Gasteiger partial charge in [0, 0.05) is 28.6 Å². The van der Waals surface area contributed by atoms with Crippen molar-refractivity contribution in [3.63, 3.8) is 0 Å². The van der Waals surface area contributed by atoms with Gasteiger partial charge in [-0.25, -0.2) is 0 Å². The molecule has 0 aliphatic heterocycles. The van der Waals surface area contributed by atoms with Crippen LogP contribution in [0.1, 0.15) is 49.3 Å². The third-order valence-corrected chi connectivity index (χ3v) is 4.67. The Balaban J connectivity index is 2.27. The van der Waals surface area contributed by atoms with E-state index in [2.05, 4.69) is 38.2 Å². The average Bonchev–Trinajstić information content (AvgIpc) is 2.79. The number of carbonyl (C=O) groups excluding carboxylic acids is 1. The summed E-state index contributed by atoms with van der Waals surface area (Å²) in [5, 5.41) is 3.10. The third kappa shape index (κ3) is 6.53. The molecule has 2 atom stereocenters. The van der Waals surface area contributed by atoms with Crippen molar-refractivity contribution in [2.24, 2.45) is 11.7 Å². The second kappa shape index (κ2) is 9.14. The molecule has 114 valence electrons. The molecule has 0 bridgehead atoms. The SMILES string of the molecule is CCC(CCN)CCC(=O)NC(C)Cc1ccc(C)s1. The van der Waals surface area contributed by atoms with Crippen LogP contribution in [0.2, 0.25) is 0 Å². The molecule has 0 saturated heterocycles. The monoisotopic (exact) mass is 296 g/mol. The van der Waals surface area contributed by atoms with Crippen LogP contribution in [-0.2, 0) is 11.2 Å². The molecular weight excluding hydrogens is 268 g/mol. The van der Waals surface area contributed by atoms with E-state index in [-0.39, 0.29) is 11.9 Å². The van der Waals surface area contributed by atoms with E-state index in [1.54, 1.807) is 11.3 Å². The van der Waals surface area contributed by atoms with E-state index in [0.29, 0.717) is 18.9 Å². The molecule has 3 N–H and O–H groups in total. The van der Waals surface area contributed by atoms with E-state index in [9.17, 15) is 4.79 Å². The van der Waals surface area contributed by atoms with Gasteiger partial charge >= 0.3 is 0 Å². The lowest BCUT2D eigenvalue weighted by molar-refractivity contribution is -0.122. The van der Waals surface area contributed by atoms with Crippen molar-refractivity contribution in [2.75, 3.05) is 6.54 Å². The van der Waals surface area contributed by atoms with Gasteiger partial charge in [-0.05, 0) is 51.3 Å². The van der Waals surface area contributed by atoms with Crippen LogP contribution in [-0.4, -0.2) is 18.5 Å². The Labute approximate surface area is 127 Å². The van der Waals surface area contributed by atoms with Gasteiger partial charge in [0.2, 0.25) is 5.91 Å². The summed E-state index contributed by atoms with van der Waals surface area (Å²) in [4.78, 5) is 14.6. The van der Waals surface area contributed by atoms with Crippen molar-refractivity contribution in [2.45, 2.75) is 58.9 Å². The topological polar surface area (TPSA) is 55.1 Å². The van der Waals surface area contributed by atoms with Gasteiger partial charge in [0.05, 0.1) is 0 Å². The molecule has 4 heteroatoms. The van der Waals surface area contributed by atoms with Gasteiger partial charge in [-0.3, -0.25) is 4.79 Å². The van der Waals surface area contributed by atoms with Crippen molar-refractivity contribution in [3.8, 4) is 0 Å². The maximum atomic E-state index is 11.9. The first kappa shape index (κ1) is 17.2. The van der Waals surface area contributed by atoms with Crippen molar-refractivity contribution >= 4 is 17.2 Å². The first-order valence-electron chi connectivity index (χ1n) is 7.59. The van der Waals surface area contributed by atoms with Crippen LogP contribution in [0.4, 0.5) is 0 Å². The number of nitrogens with one attached hydrogen (secondary N) is 1. The van der Waals surface area contributed by atoms with Gasteiger partial charge in [0.1, 0.15) is 0 Å². The fourth-order valence-corrected chi connectivity index (χ4v) is 3.44. The Kier molecular flexibility index (Phi) is 7.85. The first-order chi connectivity index (χ1) is 9.55. The van der Waals surface area contributed by atoms with E-state index in [1.807, 2.05) is 0 Å². The zero-order valence-corrected chi connectivity index (χ0v) is 13.8. The first-order valence-corrected chi connectivity index (χ1v) is 8.41. The molecule has 1 aromatic rings. The van der Waals surface area contributed by atoms with Crippen molar-refractivity contribution < 1.29 is 4.79 Å². The highest BCUT2D eigenvalue weighted by Gasteiger charge is 2.12. The molecule has 20 heavy (non-hydrogen) atoms. The predicted molar refractivity (Wildman–Crippen MR) is 87.1 cm³/mol. The summed E-state index contributed by atoms with van der Waals surface area (Å²) in [6.07, 6.45) is 4.61. The molecule has 1 heterocycles. The van der Waals surface area contributed by atoms with Crippen LogP contribution in [0, 0.1) is 12.8 Å². The fourth-order valence-electron chi connectivity index (χ4n) is 2.42. The molecule has 3 nitrogen and oxygen atoms in total. The van der Waals surface area contributed by atoms with Gasteiger partial charge in [-0.2, -0.15) is 0 Å². The Bertz CT molecular complexity index is 403. The minimum absolute atomic E-state index is 0.168. The zero-order valence-electron chi connectivity index (χ0n) is 12.9. The smallest absolute Gasteiger partial charge is 0.220 e. The average molecular weight is 296 g/mol. The quantitative estimate of drug-likeness (QED) is 0.735. The summed E-state index contributed by atoms with van der Waals surface area (Å²) in [5.74, 6) is 0.752. The Morgan fingerprint density at radius 3 is 2.70 bits per heavy atom. The second-order valence-corrected chi connectivity index (χ2v) is 6.95. The third-order valence-electron chi connectivity index (χ3n) is 3.64. The minimum atomic E-state index is 0.168. The zero-order chi connectivity index (χ0) is 15.0. The number of aryl methyl sites for hydroxylation is 1. The summed E-state index contributed by atoms with van der Waals surface area (Å²) in [7, 11) is 0. The molecule has 0 aromatic carbocycles. The van der Waals surface area contributed by atoms with Crippen LogP contribution < -0.4 is 11.1 Å². The largest absolute Gasteiger partial charge is 0.353 e. The van der Waals surface area contributed by atoms with E-state index < -0.39 is 0 Å². The minimum Gasteiger partial charge on any atom is -0.353 e. The normalized spacial score (nSPS) is 14.0. The molecule has 0 fully saturated rings. The van der Waals surface area contributed by atoms with Gasteiger partial charge < -0.3 is 11.1 Å². The molecule has 0 spiro atoms. The number of carbonyl (C=O) groups is 1. The number of hydrogen-bond acceptors (Lipinski definition) is 3. The molecule has 1 aromatic heterocycles. The number of rotatable bonds is 9. The highest BCUT2D eigenvalue weighted by Crippen LogP contribution is 2.17. The number of nitrogens with two attached hydrogens (primary N) is 1. The lowest BCUT2D eigenvalue weighted by atomic mass is 9.96. The van der Waals surface area contributed by atoms with Crippen LogP contribution in [0.5, 0.6) is 0 Å². The lowest BCUT2D eigenvalue weighted by Crippen LogP contribution is -2.34. The van der Waals surface area contributed by atoms with Crippen LogP contribution in [0.25, 0.3) is 0 Å². The van der Waals surface area contributed by atoms with E-state index in [4.69, 9.17) is 5.73 Å². The van der Waals surface area contributed by atoms with Gasteiger partial charge in [0.25, 0.3) is 0 Å². The number of thiophene rings is 1. The van der Waals surface area contributed by atoms with Crippen molar-refractivity contribution in [1.29, 1.82) is 0 Å². The molecule has 1 amide bonds. The van der Waals surface area contributed by atoms with Gasteiger partial charge in [-0.1, -0.05) is 13.3 Å². The Hall–Kier alpha value is -0.870. The van der Waals surface area contributed by atoms with E-state index in [1.165, 1.54) is 9.75 Å². The van der Waals surface area contributed by atoms with Gasteiger partial charge in [0.15, 0.2) is 0 Å². The Morgan fingerprint density at radius 2 is 2.15 bits per heavy atom. The Morgan fingerprint density at radius 1 is 1.40 bits per heavy atom. The van der Waals surface area contributed by atoms with Crippen molar-refractivity contribution in [3.05, 3.63) is 21.9 Å². The van der Waals surface area contributed by atoms with Crippen LogP contribution in [0.3, 0.4) is 0 Å². The molecular formula is C16H28N2OS. The highest BCUT2D eigenvalue weighted by atomic mass is 32.1. The molecule has 0 aliphatic carbocycles. The molecule has 0 aliphatic rings. The number of amides is 1. The predicted octanol–water partition coefficient (Wildman–Crippen LogP) is 3.26. The van der Waals surface area contributed by atoms with Gasteiger partial charge in [-0.15, -0.1) is 11.3 Å². The maximum Gasteiger partial charge on any atom is 0.220 e. The van der Waals surface area contributed by atoms with Crippen molar-refractivity contribution in [1.82, 2.24) is 5.32 Å². The van der Waals surface area contributed by atoms with E-state index >= 15 is 0 Å². The second-order valence-electron chi connectivity index (χ2n) is 5.58. The number of hydrogen-bond donors (Lipinski definition) is 2. The molecule has 0 saturated carbocycles. The van der Waals surface area contributed by atoms with Crippen LogP contribution in [0.15, 0.2) is 12.1 Å². The highest BCUT2D eigenvalue weighted by molar-refractivity contribution is 7.11. The summed E-state index contributed by atoms with van der Waals surface area (Å²) >= 11 is 1.81. The lowest BCUT2D eigenvalue weighted by Gasteiger charge is -2.16. The summed E-state index contributed by atoms with van der Waals surface area (Å²) < 4.78 is 0. The van der Waals surface area contributed by atoms with E-state index in [0.717, 1.165) is 25.7 Å². The van der Waals surface area contributed by atoms with Crippen LogP contribution >= 0.6 is 11.3 Å². The molecule has 1 rings (SSSR count). The molecule has 0 radical (unpaired) electrons. The fraction of sp³-hybridized carbons (Fsp3) is 0.688. The summed E-state index contributed by atoms with van der Waals surface area (Å²) in [6.45, 7) is 7.07. The maximum absolute atomic E-state index is 11.9. The standard InChI is InChI=1S/C16H28N2OS/c1-4-14(9-10-17)6-8-16(19)18-12(2)11-15-7-5-13(3)20-15/h5,7,12,14H,4,6,8-11,17H2,1-3H3,(H,18,19). The molecule has 2 unspecified atom stereocenters.